The van der Waals surface area contributed by atoms with Crippen LogP contribution < -0.4 is 0 Å². The molecular weight excluding hydrogens is 668 g/mol. The lowest BCUT2D eigenvalue weighted by molar-refractivity contribution is -0.222. The van der Waals surface area contributed by atoms with Crippen molar-refractivity contribution in [3.63, 3.8) is 0 Å². The summed E-state index contributed by atoms with van der Waals surface area (Å²) in [7, 11) is 0. The third-order valence-corrected chi connectivity index (χ3v) is 10.4. The van der Waals surface area contributed by atoms with Crippen molar-refractivity contribution < 1.29 is 48.6 Å². The Labute approximate surface area is 311 Å². The Kier molecular flexibility index (Phi) is 17.0. The Morgan fingerprint density at radius 1 is 1.21 bits per heavy atom. The van der Waals surface area contributed by atoms with Crippen molar-refractivity contribution in [1.82, 2.24) is 9.80 Å². The summed E-state index contributed by atoms with van der Waals surface area (Å²) < 4.78 is 30.1. The largest absolute Gasteiger partial charge is 0.457 e. The maximum Gasteiger partial charge on any atom is 0.410 e. The monoisotopic (exact) mass is 734 g/mol. The predicted molar refractivity (Wildman–Crippen MR) is 199 cm³/mol. The lowest BCUT2D eigenvalue weighted by Gasteiger charge is -2.40. The van der Waals surface area contributed by atoms with Crippen LogP contribution in [0.3, 0.4) is 0 Å². The van der Waals surface area contributed by atoms with E-state index in [-0.39, 0.29) is 43.3 Å². The molecule has 0 aromatic rings. The average Bonchev–Trinajstić information content (AvgIpc) is 3.85. The molecule has 296 valence electrons. The first kappa shape index (κ1) is 43.8. The summed E-state index contributed by atoms with van der Waals surface area (Å²) in [6.07, 6.45) is 7.71. The van der Waals surface area contributed by atoms with Gasteiger partial charge in [0.25, 0.3) is 0 Å². The standard InChI is InChI=1S/C40H66N2O10/c1-10-20-41-21-23-42(24-22-41)38(46)50-34-16-15-28(5)36(51-35(45)25-31(43)17-19-40(34,9)52-30(7)48-12-3)27(4)14-13-18-39(8,47)26-33-37(49-33)29(6)32(44)11-2/h10,13-16,18,28-34,36-37,43-44,47H,1,11-12,17,19-26H2,2-9H3/b16-15-,18-13+,27-14+. The van der Waals surface area contributed by atoms with Crippen LogP contribution in [-0.4, -0.2) is 131 Å². The number of esters is 1. The number of rotatable bonds is 15. The number of carbonyl (C=O) groups is 2. The first-order valence-electron chi connectivity index (χ1n) is 19.1. The summed E-state index contributed by atoms with van der Waals surface area (Å²) in [6.45, 7) is 22.3. The normalized spacial score (nSPS) is 33.2. The fourth-order valence-electron chi connectivity index (χ4n) is 7.04. The number of amides is 1. The molecule has 0 saturated carbocycles. The highest BCUT2D eigenvalue weighted by molar-refractivity contribution is 5.70. The fourth-order valence-corrected chi connectivity index (χ4v) is 7.04. The number of epoxide rings is 1. The van der Waals surface area contributed by atoms with E-state index in [0.29, 0.717) is 45.6 Å². The van der Waals surface area contributed by atoms with Gasteiger partial charge in [-0.05, 0) is 65.5 Å². The Hall–Kier alpha value is -2.58. The average molecular weight is 735 g/mol. The van der Waals surface area contributed by atoms with Crippen LogP contribution in [0.2, 0.25) is 0 Å². The number of allylic oxidation sites excluding steroid dienone is 2. The van der Waals surface area contributed by atoms with Gasteiger partial charge in [-0.2, -0.15) is 0 Å². The predicted octanol–water partition coefficient (Wildman–Crippen LogP) is 4.92. The molecule has 0 radical (unpaired) electrons. The SMILES string of the molecule is C=CCN1CCN(C(=O)OC2/C=C\C(C)C(/C(C)=C/C=C/C(C)(O)CC3OC3C(C)C(O)CC)OC(=O)CC(O)CCC2(C)OC(C)OCC)CC1. The number of cyclic esters (lactones) is 1. The fraction of sp³-hybridized carbons (Fsp3) is 0.750. The van der Waals surface area contributed by atoms with Crippen LogP contribution in [0.1, 0.15) is 87.5 Å². The first-order valence-corrected chi connectivity index (χ1v) is 19.1. The zero-order valence-corrected chi connectivity index (χ0v) is 32.7. The van der Waals surface area contributed by atoms with Gasteiger partial charge in [-0.25, -0.2) is 4.79 Å². The maximum absolute atomic E-state index is 13.6. The van der Waals surface area contributed by atoms with Crippen LogP contribution in [0.15, 0.2) is 48.6 Å². The minimum atomic E-state index is -1.16. The van der Waals surface area contributed by atoms with Gasteiger partial charge in [0.1, 0.15) is 11.7 Å². The molecule has 2 fully saturated rings. The van der Waals surface area contributed by atoms with Crippen LogP contribution in [0.5, 0.6) is 0 Å². The lowest BCUT2D eigenvalue weighted by Crippen LogP contribution is -2.52. The minimum Gasteiger partial charge on any atom is -0.457 e. The molecule has 12 nitrogen and oxygen atoms in total. The molecule has 3 N–H and O–H groups in total. The molecule has 52 heavy (non-hydrogen) atoms. The van der Waals surface area contributed by atoms with Crippen LogP contribution in [0.4, 0.5) is 4.79 Å². The second kappa shape index (κ2) is 20.2. The summed E-state index contributed by atoms with van der Waals surface area (Å²) in [5, 5.41) is 32.2. The first-order chi connectivity index (χ1) is 24.5. The van der Waals surface area contributed by atoms with Gasteiger partial charge in [0.2, 0.25) is 0 Å². The Morgan fingerprint density at radius 3 is 2.54 bits per heavy atom. The van der Waals surface area contributed by atoms with E-state index in [1.54, 1.807) is 43.1 Å². The van der Waals surface area contributed by atoms with Gasteiger partial charge in [-0.3, -0.25) is 9.69 Å². The number of aliphatic hydroxyl groups is 3. The van der Waals surface area contributed by atoms with Crippen LogP contribution in [-0.2, 0) is 28.5 Å². The van der Waals surface area contributed by atoms with Crippen LogP contribution in [0, 0.1) is 11.8 Å². The number of carbonyl (C=O) groups excluding carboxylic acids is 2. The van der Waals surface area contributed by atoms with Gasteiger partial charge in [-0.15, -0.1) is 6.58 Å². The molecule has 11 unspecified atom stereocenters. The van der Waals surface area contributed by atoms with Gasteiger partial charge >= 0.3 is 12.1 Å². The number of hydrogen-bond acceptors (Lipinski definition) is 11. The van der Waals surface area contributed by atoms with Gasteiger partial charge in [-0.1, -0.05) is 51.2 Å². The number of aliphatic hydroxyl groups excluding tert-OH is 2. The Morgan fingerprint density at radius 2 is 1.90 bits per heavy atom. The van der Waals surface area contributed by atoms with E-state index in [0.717, 1.165) is 12.1 Å². The van der Waals surface area contributed by atoms with Crippen molar-refractivity contribution in [2.45, 2.75) is 142 Å². The number of ether oxygens (including phenoxy) is 5. The van der Waals surface area contributed by atoms with Gasteiger partial charge < -0.3 is 43.9 Å². The van der Waals surface area contributed by atoms with Crippen molar-refractivity contribution in [2.24, 2.45) is 11.8 Å². The topological polar surface area (TPSA) is 151 Å². The minimum absolute atomic E-state index is 0.0143. The molecule has 0 bridgehead atoms. The molecule has 3 rings (SSSR count). The molecule has 3 heterocycles. The second-order valence-electron chi connectivity index (χ2n) is 15.2. The molecule has 12 heteroatoms. The molecule has 0 aliphatic carbocycles. The summed E-state index contributed by atoms with van der Waals surface area (Å²) in [4.78, 5) is 30.6. The molecule has 3 aliphatic rings. The molecule has 3 aliphatic heterocycles. The number of piperazine rings is 1. The zero-order chi connectivity index (χ0) is 38.6. The summed E-state index contributed by atoms with van der Waals surface area (Å²) in [5.74, 6) is -0.916. The van der Waals surface area contributed by atoms with E-state index in [9.17, 15) is 24.9 Å². The second-order valence-corrected chi connectivity index (χ2v) is 15.2. The highest BCUT2D eigenvalue weighted by Crippen LogP contribution is 2.38. The van der Waals surface area contributed by atoms with E-state index in [2.05, 4.69) is 11.5 Å². The Bertz CT molecular complexity index is 1240. The summed E-state index contributed by atoms with van der Waals surface area (Å²) in [5.41, 5.74) is -1.54. The lowest BCUT2D eigenvalue weighted by atomic mass is 9.88. The van der Waals surface area contributed by atoms with E-state index in [1.165, 1.54) is 0 Å². The highest BCUT2D eigenvalue weighted by atomic mass is 16.7. The molecule has 2 saturated heterocycles. The van der Waals surface area contributed by atoms with Crippen LogP contribution >= 0.6 is 0 Å². The third kappa shape index (κ3) is 13.4. The van der Waals surface area contributed by atoms with Gasteiger partial charge in [0.05, 0.1) is 36.4 Å². The summed E-state index contributed by atoms with van der Waals surface area (Å²) >= 11 is 0. The van der Waals surface area contributed by atoms with Crippen molar-refractivity contribution in [3.05, 3.63) is 48.6 Å². The molecular formula is C40H66N2O10. The molecule has 1 amide bonds. The molecule has 0 spiro atoms. The van der Waals surface area contributed by atoms with Crippen molar-refractivity contribution in [3.8, 4) is 0 Å². The van der Waals surface area contributed by atoms with Gasteiger partial charge in [0, 0.05) is 57.6 Å². The number of nitrogens with zero attached hydrogens (tertiary/aromatic N) is 2. The van der Waals surface area contributed by atoms with E-state index in [1.807, 2.05) is 53.7 Å². The van der Waals surface area contributed by atoms with Crippen LogP contribution in [0.25, 0.3) is 0 Å². The van der Waals surface area contributed by atoms with Crippen molar-refractivity contribution in [1.29, 1.82) is 0 Å². The summed E-state index contributed by atoms with van der Waals surface area (Å²) in [6, 6.07) is 0. The van der Waals surface area contributed by atoms with Gasteiger partial charge in [0.15, 0.2) is 12.4 Å². The number of hydrogen-bond donors (Lipinski definition) is 3. The molecule has 11 atom stereocenters. The quantitative estimate of drug-likeness (QED) is 0.0692. The van der Waals surface area contributed by atoms with E-state index in [4.69, 9.17) is 23.7 Å². The van der Waals surface area contributed by atoms with Crippen molar-refractivity contribution >= 4 is 12.1 Å². The molecule has 0 aromatic carbocycles. The highest BCUT2D eigenvalue weighted by Gasteiger charge is 2.47. The van der Waals surface area contributed by atoms with E-state index < -0.39 is 54.0 Å². The van der Waals surface area contributed by atoms with E-state index >= 15 is 0 Å². The Balaban J connectivity index is 1.84. The zero-order valence-electron chi connectivity index (χ0n) is 32.7. The molecule has 0 aromatic heterocycles. The third-order valence-electron chi connectivity index (χ3n) is 10.4. The maximum atomic E-state index is 13.6. The smallest absolute Gasteiger partial charge is 0.410 e. The van der Waals surface area contributed by atoms with Crippen molar-refractivity contribution in [2.75, 3.05) is 39.3 Å².